The van der Waals surface area contributed by atoms with Gasteiger partial charge in [0, 0.05) is 19.7 Å². The molecule has 0 saturated carbocycles. The van der Waals surface area contributed by atoms with E-state index in [1.165, 1.54) is 21.5 Å². The molecule has 0 saturated heterocycles. The Hall–Kier alpha value is -5.81. The van der Waals surface area contributed by atoms with Crippen molar-refractivity contribution in [1.82, 2.24) is 34.8 Å². The highest BCUT2D eigenvalue weighted by Crippen LogP contribution is 2.35. The van der Waals surface area contributed by atoms with Crippen LogP contribution in [0.5, 0.6) is 0 Å². The second-order valence-electron chi connectivity index (χ2n) is 10.0. The molecule has 5 aromatic rings. The third kappa shape index (κ3) is 4.98. The summed E-state index contributed by atoms with van der Waals surface area (Å²) in [5.41, 5.74) is 7.35. The third-order valence-electron chi connectivity index (χ3n) is 7.49. The molecule has 0 bridgehead atoms. The number of hydrogen-bond acceptors (Lipinski definition) is 9. The highest BCUT2D eigenvalue weighted by atomic mass is 16.5. The zero-order valence-electron chi connectivity index (χ0n) is 23.2. The highest BCUT2D eigenvalue weighted by Gasteiger charge is 2.29. The summed E-state index contributed by atoms with van der Waals surface area (Å²) in [6, 6.07) is 9.68. The number of hydrogen-bond donors (Lipinski definition) is 2. The predicted molar refractivity (Wildman–Crippen MR) is 152 cm³/mol. The van der Waals surface area contributed by atoms with Crippen LogP contribution in [0.25, 0.3) is 16.9 Å². The number of benzene rings is 2. The first kappa shape index (κ1) is 27.4. The molecule has 1 aliphatic rings. The molecule has 0 aliphatic heterocycles. The Bertz CT molecular complexity index is 2060. The van der Waals surface area contributed by atoms with Crippen LogP contribution >= 0.6 is 0 Å². The summed E-state index contributed by atoms with van der Waals surface area (Å²) in [5, 5.41) is 9.93. The van der Waals surface area contributed by atoms with Gasteiger partial charge in [0.05, 0.1) is 17.1 Å². The lowest BCUT2D eigenvalue weighted by atomic mass is 9.98. The number of aryl methyl sites for hydroxylation is 1. The van der Waals surface area contributed by atoms with Gasteiger partial charge < -0.3 is 19.8 Å². The Kier molecular flexibility index (Phi) is 6.92. The zero-order valence-corrected chi connectivity index (χ0v) is 23.2. The quantitative estimate of drug-likeness (QED) is 0.168. The smallest absolute Gasteiger partial charge is 0.419 e. The maximum Gasteiger partial charge on any atom is 0.419 e. The maximum atomic E-state index is 13.5. The Morgan fingerprint density at radius 2 is 2.05 bits per heavy atom. The normalized spacial score (nSPS) is 13.9. The summed E-state index contributed by atoms with van der Waals surface area (Å²) < 4.78 is 12.8. The van der Waals surface area contributed by atoms with Crippen LogP contribution in [-0.4, -0.2) is 41.9 Å². The summed E-state index contributed by atoms with van der Waals surface area (Å²) >= 11 is 0. The number of nitrogens with zero attached hydrogens (tertiary/aromatic N) is 5. The van der Waals surface area contributed by atoms with E-state index in [0.29, 0.717) is 29.5 Å². The molecule has 0 unspecified atom stereocenters. The Labute approximate surface area is 243 Å². The van der Waals surface area contributed by atoms with Gasteiger partial charge in [0.2, 0.25) is 0 Å². The summed E-state index contributed by atoms with van der Waals surface area (Å²) in [5.74, 6) is -1.88. The first-order chi connectivity index (χ1) is 20.7. The molecule has 13 heteroatoms. The van der Waals surface area contributed by atoms with Crippen LogP contribution < -0.4 is 16.4 Å². The number of fused-ring (bicyclic) bond motifs is 3. The lowest BCUT2D eigenvalue weighted by Gasteiger charge is -2.16. The monoisotopic (exact) mass is 579 g/mol. The van der Waals surface area contributed by atoms with Crippen molar-refractivity contribution in [2.75, 3.05) is 0 Å². The fourth-order valence-corrected chi connectivity index (χ4v) is 5.29. The topological polar surface area (TPSA) is 163 Å². The van der Waals surface area contributed by atoms with Crippen molar-refractivity contribution in [3.05, 3.63) is 111 Å². The molecule has 216 valence electrons. The van der Waals surface area contributed by atoms with Gasteiger partial charge in [-0.05, 0) is 60.2 Å². The van der Waals surface area contributed by atoms with Gasteiger partial charge in [-0.25, -0.2) is 14.6 Å². The summed E-state index contributed by atoms with van der Waals surface area (Å²) in [7, 11) is 1.60. The SMILES string of the molecule is C=C=COC(=O)c1ccc2c(c1C)CC[C@@H]2NC(=O)c1cc(C(=O)NCc2ccc3oc(=O)n(C)c3c2)nc2ncnn12. The largest absolute Gasteiger partial charge is 0.422 e. The molecule has 2 amide bonds. The van der Waals surface area contributed by atoms with Crippen LogP contribution in [-0.2, 0) is 24.8 Å². The third-order valence-corrected chi connectivity index (χ3v) is 7.49. The van der Waals surface area contributed by atoms with E-state index in [9.17, 15) is 19.2 Å². The maximum absolute atomic E-state index is 13.5. The predicted octanol–water partition coefficient (Wildman–Crippen LogP) is 2.68. The average Bonchev–Trinajstić information content (AvgIpc) is 3.72. The fraction of sp³-hybridized carbons (Fsp3) is 0.200. The van der Waals surface area contributed by atoms with Gasteiger partial charge in [-0.1, -0.05) is 24.4 Å². The molecule has 2 N–H and O–H groups in total. The number of amides is 2. The molecular formula is C30H25N7O6. The average molecular weight is 580 g/mol. The summed E-state index contributed by atoms with van der Waals surface area (Å²) in [6.07, 6.45) is 3.64. The number of aromatic nitrogens is 5. The van der Waals surface area contributed by atoms with Gasteiger partial charge in [-0.3, -0.25) is 14.2 Å². The second-order valence-corrected chi connectivity index (χ2v) is 10.0. The minimum absolute atomic E-state index is 0.0122. The summed E-state index contributed by atoms with van der Waals surface area (Å²) in [6.45, 7) is 5.38. The van der Waals surface area contributed by atoms with E-state index in [1.54, 1.807) is 31.3 Å². The zero-order chi connectivity index (χ0) is 30.2. The van der Waals surface area contributed by atoms with Crippen molar-refractivity contribution in [1.29, 1.82) is 0 Å². The van der Waals surface area contributed by atoms with E-state index in [4.69, 9.17) is 9.15 Å². The number of oxazole rings is 1. The van der Waals surface area contributed by atoms with Gasteiger partial charge in [-0.2, -0.15) is 14.6 Å². The van der Waals surface area contributed by atoms with Crippen LogP contribution in [0.3, 0.4) is 0 Å². The van der Waals surface area contributed by atoms with Crippen molar-refractivity contribution in [3.8, 4) is 0 Å². The van der Waals surface area contributed by atoms with Crippen molar-refractivity contribution < 1.29 is 23.5 Å². The molecule has 3 heterocycles. The number of rotatable bonds is 7. The van der Waals surface area contributed by atoms with Crippen molar-refractivity contribution in [2.24, 2.45) is 7.05 Å². The fourth-order valence-electron chi connectivity index (χ4n) is 5.29. The van der Waals surface area contributed by atoms with E-state index < -0.39 is 23.5 Å². The molecule has 0 spiro atoms. The van der Waals surface area contributed by atoms with E-state index in [0.717, 1.165) is 28.5 Å². The van der Waals surface area contributed by atoms with Gasteiger partial charge >= 0.3 is 11.7 Å². The van der Waals surface area contributed by atoms with Crippen LogP contribution in [0.1, 0.15) is 66.1 Å². The van der Waals surface area contributed by atoms with Crippen molar-refractivity contribution in [2.45, 2.75) is 32.4 Å². The van der Waals surface area contributed by atoms with Crippen LogP contribution in [0, 0.1) is 6.92 Å². The van der Waals surface area contributed by atoms with Crippen LogP contribution in [0.15, 0.2) is 70.5 Å². The number of esters is 1. The molecule has 2 aromatic carbocycles. The molecule has 0 fully saturated rings. The molecule has 43 heavy (non-hydrogen) atoms. The first-order valence-electron chi connectivity index (χ1n) is 13.3. The van der Waals surface area contributed by atoms with E-state index >= 15 is 0 Å². The minimum atomic E-state index is -0.520. The molecule has 6 rings (SSSR count). The van der Waals surface area contributed by atoms with E-state index in [1.807, 2.05) is 13.0 Å². The van der Waals surface area contributed by atoms with Gasteiger partial charge in [0.25, 0.3) is 17.6 Å². The Balaban J connectivity index is 1.21. The number of carbonyl (C=O) groups is 3. The minimum Gasteiger partial charge on any atom is -0.422 e. The second kappa shape index (κ2) is 10.9. The molecule has 0 radical (unpaired) electrons. The number of nitrogens with one attached hydrogen (secondary N) is 2. The lowest BCUT2D eigenvalue weighted by molar-refractivity contribution is 0.0662. The number of ether oxygens (including phenoxy) is 1. The molecule has 1 aliphatic carbocycles. The van der Waals surface area contributed by atoms with E-state index in [2.05, 4.69) is 38.0 Å². The van der Waals surface area contributed by atoms with Crippen molar-refractivity contribution >= 4 is 34.7 Å². The lowest BCUT2D eigenvalue weighted by Crippen LogP contribution is -2.30. The standard InChI is InChI=1S/C30H25N7O6/c1-4-11-42-28(40)19-6-7-20-18(16(19)2)8-9-21(20)34-27(39)24-13-22(35-29-32-15-33-37(24)29)26(38)31-14-17-5-10-25-23(12-17)36(3)30(41)43-25/h5-7,10-13,15,21H,1,8-9,14H2,2-3H3,(H,31,38)(H,34,39)/t21-/m0/s1. The van der Waals surface area contributed by atoms with E-state index in [-0.39, 0.29) is 29.8 Å². The van der Waals surface area contributed by atoms with Gasteiger partial charge in [0.1, 0.15) is 24.0 Å². The van der Waals surface area contributed by atoms with Gasteiger partial charge in [-0.15, -0.1) is 0 Å². The Morgan fingerprint density at radius 1 is 1.21 bits per heavy atom. The summed E-state index contributed by atoms with van der Waals surface area (Å²) in [4.78, 5) is 59.1. The molecule has 1 atom stereocenters. The van der Waals surface area contributed by atoms with Crippen LogP contribution in [0.4, 0.5) is 0 Å². The van der Waals surface area contributed by atoms with Crippen molar-refractivity contribution in [3.63, 3.8) is 0 Å². The molecule has 3 aromatic heterocycles. The molecule has 13 nitrogen and oxygen atoms in total. The highest BCUT2D eigenvalue weighted by molar-refractivity contribution is 5.98. The first-order valence-corrected chi connectivity index (χ1v) is 13.3. The molecular weight excluding hydrogens is 554 g/mol. The Morgan fingerprint density at radius 3 is 2.86 bits per heavy atom. The number of carbonyl (C=O) groups excluding carboxylic acids is 3. The van der Waals surface area contributed by atoms with Gasteiger partial charge in [0.15, 0.2) is 5.58 Å². The van der Waals surface area contributed by atoms with Crippen LogP contribution in [0.2, 0.25) is 0 Å².